The molecule has 0 aliphatic carbocycles. The number of primary amides is 1. The molecule has 1 aromatic heterocycles. The van der Waals surface area contributed by atoms with Crippen LogP contribution >= 0.6 is 15.9 Å². The molecule has 0 aliphatic rings. The van der Waals surface area contributed by atoms with E-state index in [1.807, 2.05) is 0 Å². The minimum atomic E-state index is -0.592. The van der Waals surface area contributed by atoms with Crippen LogP contribution in [0.5, 0.6) is 0 Å². The zero-order valence-corrected chi connectivity index (χ0v) is 12.4. The normalized spacial score (nSPS) is 11.4. The van der Waals surface area contributed by atoms with Gasteiger partial charge in [-0.15, -0.1) is 0 Å². The second kappa shape index (κ2) is 6.16. The highest BCUT2D eigenvalue weighted by Gasteiger charge is 2.22. The first-order valence-corrected chi connectivity index (χ1v) is 6.49. The first-order chi connectivity index (χ1) is 8.76. The third kappa shape index (κ3) is 4.32. The largest absolute Gasteiger partial charge is 0.394 e. The van der Waals surface area contributed by atoms with Crippen LogP contribution in [-0.4, -0.2) is 32.9 Å². The molecule has 1 amide bonds. The summed E-state index contributed by atoms with van der Waals surface area (Å²) < 4.78 is 1.45. The number of nitrogens with zero attached hydrogens (tertiary/aromatic N) is 2. The monoisotopic (exact) mass is 332 g/mol. The minimum absolute atomic E-state index is 0.124. The number of hydrogen-bond acceptors (Lipinski definition) is 5. The predicted molar refractivity (Wildman–Crippen MR) is 74.8 cm³/mol. The van der Waals surface area contributed by atoms with Gasteiger partial charge in [-0.1, -0.05) is 0 Å². The van der Waals surface area contributed by atoms with Crippen LogP contribution in [0.1, 0.15) is 20.3 Å². The van der Waals surface area contributed by atoms with Crippen molar-refractivity contribution >= 4 is 27.5 Å². The molecule has 0 unspecified atom stereocenters. The molecule has 1 aromatic rings. The molecule has 4 N–H and O–H groups in total. The van der Waals surface area contributed by atoms with Crippen molar-refractivity contribution in [2.75, 3.05) is 11.9 Å². The Morgan fingerprint density at radius 3 is 2.79 bits per heavy atom. The van der Waals surface area contributed by atoms with Gasteiger partial charge in [0.05, 0.1) is 25.0 Å². The van der Waals surface area contributed by atoms with Gasteiger partial charge in [0.25, 0.3) is 5.56 Å². The third-order valence-corrected chi connectivity index (χ3v) is 3.15. The number of carbonyl (C=O) groups is 1. The average molecular weight is 333 g/mol. The fourth-order valence-electron chi connectivity index (χ4n) is 1.65. The summed E-state index contributed by atoms with van der Waals surface area (Å²) in [6.07, 6.45) is 1.59. The van der Waals surface area contributed by atoms with Crippen molar-refractivity contribution in [2.45, 2.75) is 32.4 Å². The molecule has 8 heteroatoms. The first-order valence-electron chi connectivity index (χ1n) is 5.70. The summed E-state index contributed by atoms with van der Waals surface area (Å²) in [4.78, 5) is 22.9. The summed E-state index contributed by atoms with van der Waals surface area (Å²) in [5, 5.41) is 15.8. The molecule has 0 saturated carbocycles. The highest BCUT2D eigenvalue weighted by molar-refractivity contribution is 9.10. The Balaban J connectivity index is 3.00. The second-order valence-electron chi connectivity index (χ2n) is 4.78. The number of aromatic nitrogens is 2. The maximum absolute atomic E-state index is 11.9. The maximum atomic E-state index is 11.9. The lowest BCUT2D eigenvalue weighted by atomic mass is 10.00. The van der Waals surface area contributed by atoms with Crippen LogP contribution in [-0.2, 0) is 11.3 Å². The van der Waals surface area contributed by atoms with E-state index in [0.29, 0.717) is 10.2 Å². The van der Waals surface area contributed by atoms with E-state index in [1.165, 1.54) is 6.20 Å². The maximum Gasteiger partial charge on any atom is 0.283 e. The molecule has 0 radical (unpaired) electrons. The molecule has 0 saturated heterocycles. The smallest absolute Gasteiger partial charge is 0.283 e. The van der Waals surface area contributed by atoms with Crippen LogP contribution in [0, 0.1) is 0 Å². The Bertz CT molecular complexity index is 527. The third-order valence-electron chi connectivity index (χ3n) is 2.39. The topological polar surface area (TPSA) is 110 Å². The number of hydrogen-bond donors (Lipinski definition) is 3. The standard InChI is InChI=1S/C11H17BrN4O3/c1-11(2,5-8(13)18)15-7-6-14-16(3-4-17)10(19)9(7)12/h6,15,17H,3-5H2,1-2H3,(H2,13,18). The quantitative estimate of drug-likeness (QED) is 0.682. The highest BCUT2D eigenvalue weighted by Crippen LogP contribution is 2.22. The average Bonchev–Trinajstić information content (AvgIpc) is 2.27. The van der Waals surface area contributed by atoms with Crippen LogP contribution in [0.2, 0.25) is 0 Å². The van der Waals surface area contributed by atoms with Crippen LogP contribution in [0.4, 0.5) is 5.69 Å². The number of halogens is 1. The highest BCUT2D eigenvalue weighted by atomic mass is 79.9. The zero-order chi connectivity index (χ0) is 14.6. The Morgan fingerprint density at radius 1 is 1.63 bits per heavy atom. The first kappa shape index (κ1) is 15.6. The molecule has 7 nitrogen and oxygen atoms in total. The molecule has 1 rings (SSSR count). The van der Waals surface area contributed by atoms with E-state index in [0.717, 1.165) is 4.68 Å². The summed E-state index contributed by atoms with van der Waals surface area (Å²) in [5.74, 6) is -0.435. The van der Waals surface area contributed by atoms with Gasteiger partial charge in [0.1, 0.15) is 4.47 Å². The summed E-state index contributed by atoms with van der Waals surface area (Å²) in [5.41, 5.74) is 4.70. The number of nitrogens with one attached hydrogen (secondary N) is 1. The van der Waals surface area contributed by atoms with E-state index in [9.17, 15) is 9.59 Å². The Kier molecular flexibility index (Phi) is 5.07. The van der Waals surface area contributed by atoms with Gasteiger partial charge >= 0.3 is 0 Å². The Morgan fingerprint density at radius 2 is 2.26 bits per heavy atom. The van der Waals surface area contributed by atoms with Gasteiger partial charge in [0.15, 0.2) is 0 Å². The summed E-state index contributed by atoms with van der Waals surface area (Å²) in [6, 6.07) is 0. The molecule has 0 atom stereocenters. The molecule has 106 valence electrons. The second-order valence-corrected chi connectivity index (χ2v) is 5.57. The fraction of sp³-hybridized carbons (Fsp3) is 0.545. The van der Waals surface area contributed by atoms with Crippen LogP contribution in [0.15, 0.2) is 15.5 Å². The molecule has 0 aliphatic heterocycles. The van der Waals surface area contributed by atoms with Gasteiger partial charge in [0.2, 0.25) is 5.91 Å². The number of carbonyl (C=O) groups excluding carboxylic acids is 1. The van der Waals surface area contributed by atoms with Crippen LogP contribution < -0.4 is 16.6 Å². The molecule has 19 heavy (non-hydrogen) atoms. The van der Waals surface area contributed by atoms with Crippen molar-refractivity contribution in [3.05, 3.63) is 21.0 Å². The number of nitrogens with two attached hydrogens (primary N) is 1. The lowest BCUT2D eigenvalue weighted by molar-refractivity contribution is -0.118. The van der Waals surface area contributed by atoms with E-state index in [-0.39, 0.29) is 25.1 Å². The van der Waals surface area contributed by atoms with E-state index in [1.54, 1.807) is 13.8 Å². The number of amides is 1. The van der Waals surface area contributed by atoms with Gasteiger partial charge in [-0.25, -0.2) is 4.68 Å². The van der Waals surface area contributed by atoms with Crippen LogP contribution in [0.3, 0.4) is 0 Å². The fourth-order valence-corrected chi connectivity index (χ4v) is 2.06. The summed E-state index contributed by atoms with van der Waals surface area (Å²) >= 11 is 3.19. The molecule has 0 aromatic carbocycles. The molecule has 0 bridgehead atoms. The predicted octanol–water partition coefficient (Wildman–Crippen LogP) is 0.0640. The summed E-state index contributed by atoms with van der Waals surface area (Å²) in [7, 11) is 0. The van der Waals surface area contributed by atoms with Crippen molar-refractivity contribution in [2.24, 2.45) is 5.73 Å². The molecule has 0 fully saturated rings. The number of aliphatic hydroxyl groups is 1. The SMILES string of the molecule is CC(C)(CC(N)=O)Nc1cnn(CCO)c(=O)c1Br. The molecular formula is C11H17BrN4O3. The van der Waals surface area contributed by atoms with E-state index >= 15 is 0 Å². The lowest BCUT2D eigenvalue weighted by Gasteiger charge is -2.26. The van der Waals surface area contributed by atoms with Crippen molar-refractivity contribution in [1.82, 2.24) is 9.78 Å². The van der Waals surface area contributed by atoms with Crippen molar-refractivity contribution in [1.29, 1.82) is 0 Å². The van der Waals surface area contributed by atoms with Gasteiger partial charge in [-0.3, -0.25) is 9.59 Å². The number of aliphatic hydroxyl groups excluding tert-OH is 1. The summed E-state index contributed by atoms with van der Waals surface area (Å²) in [6.45, 7) is 3.55. The van der Waals surface area contributed by atoms with Gasteiger partial charge in [0, 0.05) is 12.0 Å². The lowest BCUT2D eigenvalue weighted by Crippen LogP contribution is -2.37. The van der Waals surface area contributed by atoms with Gasteiger partial charge < -0.3 is 16.2 Å². The number of anilines is 1. The van der Waals surface area contributed by atoms with E-state index < -0.39 is 11.4 Å². The van der Waals surface area contributed by atoms with E-state index in [2.05, 4.69) is 26.3 Å². The van der Waals surface area contributed by atoms with Crippen molar-refractivity contribution < 1.29 is 9.90 Å². The minimum Gasteiger partial charge on any atom is -0.394 e. The molecule has 0 spiro atoms. The van der Waals surface area contributed by atoms with Crippen molar-refractivity contribution in [3.8, 4) is 0 Å². The van der Waals surface area contributed by atoms with E-state index in [4.69, 9.17) is 10.8 Å². The molecular weight excluding hydrogens is 316 g/mol. The van der Waals surface area contributed by atoms with Crippen molar-refractivity contribution in [3.63, 3.8) is 0 Å². The number of rotatable bonds is 6. The Labute approximate surface area is 118 Å². The van der Waals surface area contributed by atoms with Gasteiger partial charge in [-0.2, -0.15) is 5.10 Å². The van der Waals surface area contributed by atoms with Gasteiger partial charge in [-0.05, 0) is 29.8 Å². The Hall–Kier alpha value is -1.41. The molecule has 1 heterocycles. The zero-order valence-electron chi connectivity index (χ0n) is 10.8. The van der Waals surface area contributed by atoms with Crippen LogP contribution in [0.25, 0.3) is 0 Å².